The van der Waals surface area contributed by atoms with Gasteiger partial charge in [0.2, 0.25) is 0 Å². The predicted octanol–water partition coefficient (Wildman–Crippen LogP) is 1.45. The molecule has 13 heavy (non-hydrogen) atoms. The van der Waals surface area contributed by atoms with Crippen molar-refractivity contribution < 1.29 is 14.3 Å². The van der Waals surface area contributed by atoms with Crippen LogP contribution in [0.4, 0.5) is 0 Å². The molecule has 2 rings (SSSR count). The summed E-state index contributed by atoms with van der Waals surface area (Å²) in [6.07, 6.45) is 4.65. The number of pyridine rings is 1. The topological polar surface area (TPSA) is 63.3 Å². The van der Waals surface area contributed by atoms with Crippen LogP contribution in [0.5, 0.6) is 0 Å². The van der Waals surface area contributed by atoms with Crippen LogP contribution in [0.2, 0.25) is 0 Å². The second-order valence-electron chi connectivity index (χ2n) is 2.70. The van der Waals surface area contributed by atoms with E-state index >= 15 is 0 Å². The first-order valence-electron chi connectivity index (χ1n) is 3.79. The van der Waals surface area contributed by atoms with Gasteiger partial charge >= 0.3 is 5.97 Å². The van der Waals surface area contributed by atoms with Gasteiger partial charge in [-0.15, -0.1) is 0 Å². The van der Waals surface area contributed by atoms with Crippen LogP contribution in [0.15, 0.2) is 29.1 Å². The number of aliphatic carboxylic acids is 1. The zero-order valence-electron chi connectivity index (χ0n) is 6.73. The molecule has 0 saturated heterocycles. The van der Waals surface area contributed by atoms with E-state index in [0.29, 0.717) is 11.1 Å². The van der Waals surface area contributed by atoms with Gasteiger partial charge in [-0.1, -0.05) is 0 Å². The van der Waals surface area contributed by atoms with E-state index in [1.807, 2.05) is 0 Å². The maximum Gasteiger partial charge on any atom is 0.307 e. The third-order valence-corrected chi connectivity index (χ3v) is 1.80. The Bertz CT molecular complexity index is 447. The molecule has 0 aromatic carbocycles. The molecule has 0 atom stereocenters. The van der Waals surface area contributed by atoms with Gasteiger partial charge in [0.25, 0.3) is 0 Å². The lowest BCUT2D eigenvalue weighted by molar-refractivity contribution is -0.136. The Morgan fingerprint density at radius 1 is 1.62 bits per heavy atom. The average molecular weight is 177 g/mol. The molecule has 2 aromatic rings. The summed E-state index contributed by atoms with van der Waals surface area (Å²) in [7, 11) is 0. The smallest absolute Gasteiger partial charge is 0.307 e. The molecule has 0 saturated carbocycles. The van der Waals surface area contributed by atoms with Crippen molar-refractivity contribution in [3.63, 3.8) is 0 Å². The van der Waals surface area contributed by atoms with Crippen molar-refractivity contribution in [2.24, 2.45) is 0 Å². The molecule has 1 N–H and O–H groups in total. The molecule has 0 aliphatic heterocycles. The highest BCUT2D eigenvalue weighted by Crippen LogP contribution is 2.19. The number of carbonyl (C=O) groups is 1. The quantitative estimate of drug-likeness (QED) is 0.754. The first-order valence-corrected chi connectivity index (χ1v) is 3.79. The summed E-state index contributed by atoms with van der Waals surface area (Å²) in [6.45, 7) is 0. The number of hydrogen-bond donors (Lipinski definition) is 1. The van der Waals surface area contributed by atoms with E-state index in [4.69, 9.17) is 9.52 Å². The third kappa shape index (κ3) is 1.38. The Morgan fingerprint density at radius 3 is 3.23 bits per heavy atom. The second kappa shape index (κ2) is 2.90. The van der Waals surface area contributed by atoms with Crippen LogP contribution in [0.3, 0.4) is 0 Å². The fraction of sp³-hybridized carbons (Fsp3) is 0.111. The number of nitrogens with zero attached hydrogens (tertiary/aromatic N) is 1. The van der Waals surface area contributed by atoms with Gasteiger partial charge in [-0.2, -0.15) is 0 Å². The Morgan fingerprint density at radius 2 is 2.46 bits per heavy atom. The molecule has 4 nitrogen and oxygen atoms in total. The summed E-state index contributed by atoms with van der Waals surface area (Å²) in [5.41, 5.74) is 1.34. The molecule has 0 unspecified atom stereocenters. The van der Waals surface area contributed by atoms with Crippen LogP contribution in [0.1, 0.15) is 5.56 Å². The van der Waals surface area contributed by atoms with E-state index < -0.39 is 5.97 Å². The largest absolute Gasteiger partial charge is 0.481 e. The molecule has 0 aliphatic rings. The van der Waals surface area contributed by atoms with Crippen LogP contribution in [-0.4, -0.2) is 16.1 Å². The van der Waals surface area contributed by atoms with Crippen LogP contribution < -0.4 is 0 Å². The zero-order valence-corrected chi connectivity index (χ0v) is 6.73. The summed E-state index contributed by atoms with van der Waals surface area (Å²) >= 11 is 0. The number of carboxylic acids is 1. The average Bonchev–Trinajstić information content (AvgIpc) is 2.48. The lowest BCUT2D eigenvalue weighted by Gasteiger charge is -1.90. The number of aromatic nitrogens is 1. The Labute approximate surface area is 73.8 Å². The van der Waals surface area contributed by atoms with E-state index in [2.05, 4.69) is 4.98 Å². The Hall–Kier alpha value is -1.84. The van der Waals surface area contributed by atoms with Gasteiger partial charge in [0, 0.05) is 23.3 Å². The third-order valence-electron chi connectivity index (χ3n) is 1.80. The van der Waals surface area contributed by atoms with Crippen molar-refractivity contribution >= 4 is 16.9 Å². The molecule has 2 heterocycles. The molecule has 0 aliphatic carbocycles. The van der Waals surface area contributed by atoms with Crippen LogP contribution in [-0.2, 0) is 11.2 Å². The molecular weight excluding hydrogens is 170 g/mol. The number of fused-ring (bicyclic) bond motifs is 1. The minimum absolute atomic E-state index is 0.0291. The lowest BCUT2D eigenvalue weighted by atomic mass is 10.2. The molecular formula is C9H7NO3. The molecule has 0 amide bonds. The van der Waals surface area contributed by atoms with Crippen LogP contribution in [0.25, 0.3) is 11.0 Å². The molecule has 4 heteroatoms. The van der Waals surface area contributed by atoms with Crippen LogP contribution >= 0.6 is 0 Å². The summed E-state index contributed by atoms with van der Waals surface area (Å²) in [5.74, 6) is -0.869. The van der Waals surface area contributed by atoms with Crippen molar-refractivity contribution in [2.45, 2.75) is 6.42 Å². The summed E-state index contributed by atoms with van der Waals surface area (Å²) < 4.78 is 5.15. The summed E-state index contributed by atoms with van der Waals surface area (Å²) in [5, 5.41) is 9.35. The van der Waals surface area contributed by atoms with Gasteiger partial charge < -0.3 is 9.52 Å². The summed E-state index contributed by atoms with van der Waals surface area (Å²) in [6, 6.07) is 1.71. The minimum atomic E-state index is -0.869. The van der Waals surface area contributed by atoms with E-state index in [1.165, 1.54) is 6.26 Å². The molecule has 0 radical (unpaired) electrons. The SMILES string of the molecule is O=C(O)Cc1coc2ccncc12. The van der Waals surface area contributed by atoms with E-state index in [9.17, 15) is 4.79 Å². The van der Waals surface area contributed by atoms with Gasteiger partial charge in [-0.25, -0.2) is 0 Å². The number of rotatable bonds is 2. The highest BCUT2D eigenvalue weighted by molar-refractivity contribution is 5.84. The summed E-state index contributed by atoms with van der Waals surface area (Å²) in [4.78, 5) is 14.3. The Balaban J connectivity index is 2.51. The monoisotopic (exact) mass is 177 g/mol. The highest BCUT2D eigenvalue weighted by atomic mass is 16.4. The van der Waals surface area contributed by atoms with E-state index in [1.54, 1.807) is 18.5 Å². The fourth-order valence-electron chi connectivity index (χ4n) is 1.22. The molecule has 0 fully saturated rings. The standard InChI is InChI=1S/C9H7NO3/c11-9(12)3-6-5-13-8-1-2-10-4-7(6)8/h1-2,4-5H,3H2,(H,11,12). The van der Waals surface area contributed by atoms with Gasteiger partial charge in [0.1, 0.15) is 5.58 Å². The van der Waals surface area contributed by atoms with E-state index in [0.717, 1.165) is 5.39 Å². The van der Waals surface area contributed by atoms with Gasteiger partial charge in [-0.3, -0.25) is 9.78 Å². The van der Waals surface area contributed by atoms with Gasteiger partial charge in [-0.05, 0) is 6.07 Å². The minimum Gasteiger partial charge on any atom is -0.481 e. The molecule has 2 aromatic heterocycles. The van der Waals surface area contributed by atoms with Gasteiger partial charge in [0.05, 0.1) is 12.7 Å². The second-order valence-corrected chi connectivity index (χ2v) is 2.70. The molecule has 0 bridgehead atoms. The molecule has 0 spiro atoms. The normalized spacial score (nSPS) is 10.5. The van der Waals surface area contributed by atoms with Crippen molar-refractivity contribution in [3.05, 3.63) is 30.3 Å². The van der Waals surface area contributed by atoms with Crippen molar-refractivity contribution in [1.82, 2.24) is 4.98 Å². The highest BCUT2D eigenvalue weighted by Gasteiger charge is 2.08. The van der Waals surface area contributed by atoms with Crippen LogP contribution in [0, 0.1) is 0 Å². The van der Waals surface area contributed by atoms with Crippen molar-refractivity contribution in [1.29, 1.82) is 0 Å². The maximum absolute atomic E-state index is 10.4. The number of hydrogen-bond acceptors (Lipinski definition) is 3. The maximum atomic E-state index is 10.4. The number of carboxylic acid groups (broad SMARTS) is 1. The first-order chi connectivity index (χ1) is 6.27. The fourth-order valence-corrected chi connectivity index (χ4v) is 1.22. The first kappa shape index (κ1) is 7.79. The molecule has 66 valence electrons. The van der Waals surface area contributed by atoms with Crippen molar-refractivity contribution in [3.8, 4) is 0 Å². The predicted molar refractivity (Wildman–Crippen MR) is 45.3 cm³/mol. The van der Waals surface area contributed by atoms with Gasteiger partial charge in [0.15, 0.2) is 0 Å². The zero-order chi connectivity index (χ0) is 9.26. The lowest BCUT2D eigenvalue weighted by Crippen LogP contribution is -1.98. The Kier molecular flexibility index (Phi) is 1.73. The van der Waals surface area contributed by atoms with Crippen molar-refractivity contribution in [2.75, 3.05) is 0 Å². The van der Waals surface area contributed by atoms with E-state index in [-0.39, 0.29) is 6.42 Å². The number of furan rings is 1.